The Kier molecular flexibility index (Phi) is 8.26. The first-order valence-electron chi connectivity index (χ1n) is 8.22. The van der Waals surface area contributed by atoms with Crippen molar-refractivity contribution in [2.75, 3.05) is 26.7 Å². The zero-order chi connectivity index (χ0) is 18.0. The van der Waals surface area contributed by atoms with E-state index in [2.05, 4.69) is 34.7 Å². The molecule has 0 spiro atoms. The highest BCUT2D eigenvalue weighted by atomic mass is 16.6. The van der Waals surface area contributed by atoms with E-state index in [1.807, 2.05) is 18.2 Å². The topological polar surface area (TPSA) is 70.7 Å². The van der Waals surface area contributed by atoms with Crippen molar-refractivity contribution in [2.24, 2.45) is 0 Å². The van der Waals surface area contributed by atoms with Gasteiger partial charge in [0.15, 0.2) is 0 Å². The maximum Gasteiger partial charge on any atom is 0.408 e. The maximum atomic E-state index is 11.7. The quantitative estimate of drug-likeness (QED) is 0.714. The van der Waals surface area contributed by atoms with Crippen molar-refractivity contribution < 1.29 is 14.3 Å². The number of ether oxygens (including phenoxy) is 1. The predicted octanol–water partition coefficient (Wildman–Crippen LogP) is 2.15. The van der Waals surface area contributed by atoms with E-state index in [1.54, 1.807) is 20.8 Å². The second-order valence-electron chi connectivity index (χ2n) is 6.78. The van der Waals surface area contributed by atoms with Gasteiger partial charge >= 0.3 is 6.09 Å². The molecule has 6 heteroatoms. The molecular weight excluding hydrogens is 306 g/mol. The number of amides is 2. The van der Waals surface area contributed by atoms with Gasteiger partial charge in [0, 0.05) is 13.1 Å². The average Bonchev–Trinajstić information content (AvgIpc) is 2.49. The van der Waals surface area contributed by atoms with Crippen LogP contribution in [0.15, 0.2) is 30.3 Å². The largest absolute Gasteiger partial charge is 0.444 e. The van der Waals surface area contributed by atoms with Gasteiger partial charge in [-0.2, -0.15) is 0 Å². The summed E-state index contributed by atoms with van der Waals surface area (Å²) in [6.45, 7) is 7.60. The number of rotatable bonds is 8. The van der Waals surface area contributed by atoms with Gasteiger partial charge in [-0.15, -0.1) is 0 Å². The summed E-state index contributed by atoms with van der Waals surface area (Å²) in [5, 5.41) is 5.22. The lowest BCUT2D eigenvalue weighted by Crippen LogP contribution is -2.40. The van der Waals surface area contributed by atoms with E-state index in [0.29, 0.717) is 6.54 Å². The van der Waals surface area contributed by atoms with Crippen LogP contribution in [0, 0.1) is 0 Å². The van der Waals surface area contributed by atoms with Gasteiger partial charge in [0.2, 0.25) is 5.91 Å². The lowest BCUT2D eigenvalue weighted by atomic mass is 10.2. The van der Waals surface area contributed by atoms with Gasteiger partial charge in [0.1, 0.15) is 5.60 Å². The van der Waals surface area contributed by atoms with Crippen molar-refractivity contribution in [2.45, 2.75) is 39.3 Å². The summed E-state index contributed by atoms with van der Waals surface area (Å²) in [7, 11) is 2.05. The van der Waals surface area contributed by atoms with Crippen molar-refractivity contribution in [3.05, 3.63) is 35.9 Å². The molecule has 0 radical (unpaired) electrons. The van der Waals surface area contributed by atoms with Crippen LogP contribution < -0.4 is 10.6 Å². The molecular formula is C18H29N3O3. The minimum atomic E-state index is -0.583. The van der Waals surface area contributed by atoms with Crippen molar-refractivity contribution in [3.8, 4) is 0 Å². The third kappa shape index (κ3) is 9.84. The van der Waals surface area contributed by atoms with Gasteiger partial charge < -0.3 is 20.3 Å². The van der Waals surface area contributed by atoms with E-state index in [-0.39, 0.29) is 12.5 Å². The van der Waals surface area contributed by atoms with E-state index >= 15 is 0 Å². The Bertz CT molecular complexity index is 512. The number of alkyl carbamates (subject to hydrolysis) is 1. The minimum absolute atomic E-state index is 0.0746. The molecule has 1 aromatic rings. The van der Waals surface area contributed by atoms with Crippen LogP contribution in [0.25, 0.3) is 0 Å². The fourth-order valence-corrected chi connectivity index (χ4v) is 2.08. The van der Waals surface area contributed by atoms with E-state index < -0.39 is 11.7 Å². The third-order valence-electron chi connectivity index (χ3n) is 3.13. The van der Waals surface area contributed by atoms with Crippen LogP contribution in [0.2, 0.25) is 0 Å². The molecule has 0 aliphatic rings. The average molecular weight is 335 g/mol. The summed E-state index contributed by atoms with van der Waals surface area (Å²) < 4.78 is 5.07. The highest BCUT2D eigenvalue weighted by Gasteiger charge is 2.16. The molecule has 0 saturated heterocycles. The maximum absolute atomic E-state index is 11.7. The van der Waals surface area contributed by atoms with Gasteiger partial charge in [0.05, 0.1) is 6.54 Å². The number of nitrogens with one attached hydrogen (secondary N) is 2. The molecule has 1 aromatic carbocycles. The number of carbonyl (C=O) groups is 2. The zero-order valence-corrected chi connectivity index (χ0v) is 15.1. The van der Waals surface area contributed by atoms with Crippen LogP contribution in [-0.2, 0) is 16.1 Å². The molecule has 0 unspecified atom stereocenters. The normalized spacial score (nSPS) is 11.2. The Labute approximate surface area is 144 Å². The van der Waals surface area contributed by atoms with Crippen LogP contribution in [-0.4, -0.2) is 49.2 Å². The molecule has 0 bridgehead atoms. The van der Waals surface area contributed by atoms with Gasteiger partial charge in [-0.25, -0.2) is 4.79 Å². The summed E-state index contributed by atoms with van der Waals surface area (Å²) in [4.78, 5) is 25.3. The number of hydrogen-bond acceptors (Lipinski definition) is 4. The molecule has 0 aliphatic carbocycles. The highest BCUT2D eigenvalue weighted by Crippen LogP contribution is 2.06. The highest BCUT2D eigenvalue weighted by molar-refractivity contribution is 5.82. The SMILES string of the molecule is CN(CCCNC(=O)CNC(=O)OC(C)(C)C)Cc1ccccc1. The molecule has 134 valence electrons. The second kappa shape index (κ2) is 9.93. The molecule has 6 nitrogen and oxygen atoms in total. The first kappa shape index (κ1) is 20.0. The molecule has 0 saturated carbocycles. The van der Waals surface area contributed by atoms with Crippen LogP contribution in [0.4, 0.5) is 4.79 Å². The number of nitrogens with zero attached hydrogens (tertiary/aromatic N) is 1. The smallest absolute Gasteiger partial charge is 0.408 e. The van der Waals surface area contributed by atoms with Crippen LogP contribution in [0.1, 0.15) is 32.8 Å². The summed E-state index contributed by atoms with van der Waals surface area (Å²) >= 11 is 0. The second-order valence-corrected chi connectivity index (χ2v) is 6.78. The summed E-state index contributed by atoms with van der Waals surface area (Å²) in [5.74, 6) is -0.216. The van der Waals surface area contributed by atoms with Crippen molar-refractivity contribution in [1.29, 1.82) is 0 Å². The Morgan fingerprint density at radius 1 is 1.12 bits per heavy atom. The zero-order valence-electron chi connectivity index (χ0n) is 15.1. The van der Waals surface area contributed by atoms with E-state index in [1.165, 1.54) is 5.56 Å². The monoisotopic (exact) mass is 335 g/mol. The number of carbonyl (C=O) groups excluding carboxylic acids is 2. The predicted molar refractivity (Wildman–Crippen MR) is 94.6 cm³/mol. The van der Waals surface area contributed by atoms with E-state index in [4.69, 9.17) is 4.74 Å². The Morgan fingerprint density at radius 3 is 2.42 bits per heavy atom. The van der Waals surface area contributed by atoms with Crippen molar-refractivity contribution in [3.63, 3.8) is 0 Å². The van der Waals surface area contributed by atoms with Crippen molar-refractivity contribution in [1.82, 2.24) is 15.5 Å². The molecule has 0 fully saturated rings. The van der Waals surface area contributed by atoms with Gasteiger partial charge in [-0.05, 0) is 46.3 Å². The Morgan fingerprint density at radius 2 is 1.79 bits per heavy atom. The minimum Gasteiger partial charge on any atom is -0.444 e. The Balaban J connectivity index is 2.10. The van der Waals surface area contributed by atoms with Gasteiger partial charge in [0.25, 0.3) is 0 Å². The molecule has 0 aromatic heterocycles. The third-order valence-corrected chi connectivity index (χ3v) is 3.13. The lowest BCUT2D eigenvalue weighted by molar-refractivity contribution is -0.120. The molecule has 0 aliphatic heterocycles. The fourth-order valence-electron chi connectivity index (χ4n) is 2.08. The molecule has 0 heterocycles. The van der Waals surface area contributed by atoms with Crippen LogP contribution in [0.5, 0.6) is 0 Å². The lowest BCUT2D eigenvalue weighted by Gasteiger charge is -2.19. The molecule has 2 N–H and O–H groups in total. The summed E-state index contributed by atoms with van der Waals surface area (Å²) in [6.07, 6.45) is 0.266. The van der Waals surface area contributed by atoms with Crippen molar-refractivity contribution >= 4 is 12.0 Å². The number of benzene rings is 1. The molecule has 0 atom stereocenters. The Hall–Kier alpha value is -2.08. The van der Waals surface area contributed by atoms with Crippen LogP contribution >= 0.6 is 0 Å². The summed E-state index contributed by atoms with van der Waals surface area (Å²) in [5.41, 5.74) is 0.703. The van der Waals surface area contributed by atoms with Crippen LogP contribution in [0.3, 0.4) is 0 Å². The standard InChI is InChI=1S/C18H29N3O3/c1-18(2,3)24-17(23)20-13-16(22)19-11-8-12-21(4)14-15-9-6-5-7-10-15/h5-7,9-10H,8,11-14H2,1-4H3,(H,19,22)(H,20,23). The van der Waals surface area contributed by atoms with Gasteiger partial charge in [-0.1, -0.05) is 30.3 Å². The number of hydrogen-bond donors (Lipinski definition) is 2. The van der Waals surface area contributed by atoms with E-state index in [0.717, 1.165) is 19.5 Å². The first-order valence-corrected chi connectivity index (χ1v) is 8.22. The molecule has 2 amide bonds. The van der Waals surface area contributed by atoms with E-state index in [9.17, 15) is 9.59 Å². The first-order chi connectivity index (χ1) is 11.3. The van der Waals surface area contributed by atoms with Gasteiger partial charge in [-0.3, -0.25) is 4.79 Å². The molecule has 1 rings (SSSR count). The fraction of sp³-hybridized carbons (Fsp3) is 0.556. The summed E-state index contributed by atoms with van der Waals surface area (Å²) in [6, 6.07) is 10.3. The molecule has 24 heavy (non-hydrogen) atoms.